The Bertz CT molecular complexity index is 618. The van der Waals surface area contributed by atoms with Gasteiger partial charge in [-0.05, 0) is 58.8 Å². The molecule has 0 spiro atoms. The van der Waals surface area contributed by atoms with E-state index in [1.165, 1.54) is 0 Å². The molecule has 0 bridgehead atoms. The number of esters is 2. The summed E-state index contributed by atoms with van der Waals surface area (Å²) < 4.78 is 11.0. The van der Waals surface area contributed by atoms with Crippen molar-refractivity contribution >= 4 is 11.9 Å². The second-order valence-electron chi connectivity index (χ2n) is 9.96. The summed E-state index contributed by atoms with van der Waals surface area (Å²) >= 11 is 0. The standard InChI is InChI=1S/C25H40O4/c1-11-18(3)14-25(9,10)23(27)29-17-20(5)13-19(4)16-28-22(26)21(6)15-24(7,8)12-2/h1-2,18-21H,13-17H2,3-10H3. The molecular formula is C25H40O4. The van der Waals surface area contributed by atoms with E-state index in [1.807, 2.05) is 55.4 Å². The van der Waals surface area contributed by atoms with Gasteiger partial charge in [0.15, 0.2) is 0 Å². The molecule has 0 aromatic rings. The Morgan fingerprint density at radius 2 is 1.41 bits per heavy atom. The van der Waals surface area contributed by atoms with Gasteiger partial charge in [-0.2, -0.15) is 0 Å². The number of hydrogen-bond acceptors (Lipinski definition) is 4. The third-order valence-corrected chi connectivity index (χ3v) is 5.08. The lowest BCUT2D eigenvalue weighted by Crippen LogP contribution is -2.30. The molecule has 0 radical (unpaired) electrons. The third-order valence-electron chi connectivity index (χ3n) is 5.08. The van der Waals surface area contributed by atoms with E-state index in [-0.39, 0.29) is 41.0 Å². The van der Waals surface area contributed by atoms with E-state index in [0.29, 0.717) is 26.1 Å². The maximum Gasteiger partial charge on any atom is 0.311 e. The van der Waals surface area contributed by atoms with E-state index in [4.69, 9.17) is 22.3 Å². The first-order valence-electron chi connectivity index (χ1n) is 10.5. The Morgan fingerprint density at radius 3 is 1.90 bits per heavy atom. The highest BCUT2D eigenvalue weighted by Gasteiger charge is 2.31. The maximum atomic E-state index is 12.4. The van der Waals surface area contributed by atoms with Gasteiger partial charge in [-0.15, -0.1) is 24.7 Å². The van der Waals surface area contributed by atoms with Crippen LogP contribution in [0.1, 0.15) is 74.7 Å². The molecule has 0 saturated carbocycles. The molecule has 0 heterocycles. The lowest BCUT2D eigenvalue weighted by molar-refractivity contribution is -0.156. The summed E-state index contributed by atoms with van der Waals surface area (Å²) in [6.45, 7) is 16.1. The van der Waals surface area contributed by atoms with Gasteiger partial charge in [0.05, 0.1) is 24.5 Å². The molecule has 0 fully saturated rings. The first-order valence-corrected chi connectivity index (χ1v) is 10.5. The topological polar surface area (TPSA) is 52.6 Å². The first-order chi connectivity index (χ1) is 13.2. The summed E-state index contributed by atoms with van der Waals surface area (Å²) in [5, 5.41) is 0. The molecular weight excluding hydrogens is 364 g/mol. The number of ether oxygens (including phenoxy) is 2. The van der Waals surface area contributed by atoms with E-state index >= 15 is 0 Å². The second kappa shape index (κ2) is 11.9. The van der Waals surface area contributed by atoms with Crippen molar-refractivity contribution in [1.29, 1.82) is 0 Å². The smallest absolute Gasteiger partial charge is 0.311 e. The number of rotatable bonds is 12. The molecule has 0 amide bonds. The van der Waals surface area contributed by atoms with Crippen LogP contribution in [0.2, 0.25) is 0 Å². The predicted molar refractivity (Wildman–Crippen MR) is 118 cm³/mol. The second-order valence-corrected chi connectivity index (χ2v) is 9.96. The largest absolute Gasteiger partial charge is 0.465 e. The molecule has 0 N–H and O–H groups in total. The van der Waals surface area contributed by atoms with Crippen molar-refractivity contribution in [2.45, 2.75) is 74.7 Å². The van der Waals surface area contributed by atoms with Crippen LogP contribution in [0.25, 0.3) is 0 Å². The lowest BCUT2D eigenvalue weighted by Gasteiger charge is -2.25. The van der Waals surface area contributed by atoms with Gasteiger partial charge in [0.2, 0.25) is 0 Å². The first kappa shape index (κ1) is 27.1. The van der Waals surface area contributed by atoms with Gasteiger partial charge in [-0.1, -0.05) is 27.7 Å². The highest BCUT2D eigenvalue weighted by molar-refractivity contribution is 5.76. The zero-order chi connectivity index (χ0) is 22.8. The minimum atomic E-state index is -0.602. The summed E-state index contributed by atoms with van der Waals surface area (Å²) in [5.41, 5.74) is -0.927. The van der Waals surface area contributed by atoms with Crippen molar-refractivity contribution in [3.05, 3.63) is 0 Å². The summed E-state index contributed by atoms with van der Waals surface area (Å²) in [7, 11) is 0. The highest BCUT2D eigenvalue weighted by atomic mass is 16.5. The molecule has 0 aromatic heterocycles. The van der Waals surface area contributed by atoms with Gasteiger partial charge in [-0.3, -0.25) is 9.59 Å². The molecule has 4 nitrogen and oxygen atoms in total. The van der Waals surface area contributed by atoms with E-state index in [9.17, 15) is 9.59 Å². The summed E-state index contributed by atoms with van der Waals surface area (Å²) in [6, 6.07) is 0. The van der Waals surface area contributed by atoms with Gasteiger partial charge in [0, 0.05) is 11.3 Å². The fraction of sp³-hybridized carbons (Fsp3) is 0.760. The Kier molecular flexibility index (Phi) is 11.1. The van der Waals surface area contributed by atoms with Crippen molar-refractivity contribution in [3.8, 4) is 24.7 Å². The van der Waals surface area contributed by atoms with Gasteiger partial charge in [-0.25, -0.2) is 0 Å². The predicted octanol–water partition coefficient (Wildman–Crippen LogP) is 5.11. The molecule has 0 aliphatic rings. The fourth-order valence-corrected chi connectivity index (χ4v) is 3.42. The molecule has 0 aliphatic carbocycles. The van der Waals surface area contributed by atoms with Crippen molar-refractivity contribution in [2.24, 2.45) is 34.5 Å². The molecule has 0 aromatic carbocycles. The van der Waals surface area contributed by atoms with Gasteiger partial charge < -0.3 is 9.47 Å². The zero-order valence-electron chi connectivity index (χ0n) is 19.6. The highest BCUT2D eigenvalue weighted by Crippen LogP contribution is 2.28. The average Bonchev–Trinajstić information content (AvgIpc) is 2.63. The lowest BCUT2D eigenvalue weighted by atomic mass is 9.84. The molecule has 0 rings (SSSR count). The van der Waals surface area contributed by atoms with E-state index in [0.717, 1.165) is 6.42 Å². The van der Waals surface area contributed by atoms with E-state index < -0.39 is 5.41 Å². The molecule has 4 heteroatoms. The molecule has 29 heavy (non-hydrogen) atoms. The van der Waals surface area contributed by atoms with Crippen LogP contribution in [-0.2, 0) is 19.1 Å². The number of carbonyl (C=O) groups excluding carboxylic acids is 2. The van der Waals surface area contributed by atoms with Crippen LogP contribution in [0.5, 0.6) is 0 Å². The minimum Gasteiger partial charge on any atom is -0.465 e. The summed E-state index contributed by atoms with van der Waals surface area (Å²) in [5.74, 6) is 5.05. The number of hydrogen-bond donors (Lipinski definition) is 0. The molecule has 0 saturated heterocycles. The van der Waals surface area contributed by atoms with E-state index in [2.05, 4.69) is 11.8 Å². The summed E-state index contributed by atoms with van der Waals surface area (Å²) in [6.07, 6.45) is 12.9. The van der Waals surface area contributed by atoms with Crippen LogP contribution in [-0.4, -0.2) is 25.2 Å². The molecule has 0 aliphatic heterocycles. The Hall–Kier alpha value is -1.94. The van der Waals surface area contributed by atoms with Crippen LogP contribution >= 0.6 is 0 Å². The maximum absolute atomic E-state index is 12.4. The van der Waals surface area contributed by atoms with Gasteiger partial charge >= 0.3 is 11.9 Å². The fourth-order valence-electron chi connectivity index (χ4n) is 3.42. The Morgan fingerprint density at radius 1 is 0.897 bits per heavy atom. The van der Waals surface area contributed by atoms with Crippen LogP contribution in [0, 0.1) is 59.2 Å². The van der Waals surface area contributed by atoms with Crippen molar-refractivity contribution in [1.82, 2.24) is 0 Å². The van der Waals surface area contributed by atoms with Crippen LogP contribution in [0.15, 0.2) is 0 Å². The van der Waals surface area contributed by atoms with Crippen LogP contribution < -0.4 is 0 Å². The quantitative estimate of drug-likeness (QED) is 0.335. The number of terminal acetylenes is 2. The van der Waals surface area contributed by atoms with Crippen molar-refractivity contribution in [3.63, 3.8) is 0 Å². The van der Waals surface area contributed by atoms with Crippen molar-refractivity contribution in [2.75, 3.05) is 13.2 Å². The van der Waals surface area contributed by atoms with E-state index in [1.54, 1.807) is 0 Å². The molecule has 4 unspecified atom stereocenters. The average molecular weight is 405 g/mol. The Labute approximate surface area is 178 Å². The normalized spacial score (nSPS) is 15.9. The monoisotopic (exact) mass is 404 g/mol. The molecule has 164 valence electrons. The van der Waals surface area contributed by atoms with Crippen LogP contribution in [0.3, 0.4) is 0 Å². The molecule has 4 atom stereocenters. The van der Waals surface area contributed by atoms with Gasteiger partial charge in [0.25, 0.3) is 0 Å². The minimum absolute atomic E-state index is 0.0262. The van der Waals surface area contributed by atoms with Crippen LogP contribution in [0.4, 0.5) is 0 Å². The SMILES string of the molecule is C#CC(C)CC(C)(C)C(=O)OCC(C)CC(C)COC(=O)C(C)CC(C)(C)C#C. The van der Waals surface area contributed by atoms with Crippen molar-refractivity contribution < 1.29 is 19.1 Å². The van der Waals surface area contributed by atoms with Gasteiger partial charge in [0.1, 0.15) is 0 Å². The number of carbonyl (C=O) groups is 2. The third kappa shape index (κ3) is 11.0. The Balaban J connectivity index is 4.34. The zero-order valence-corrected chi connectivity index (χ0v) is 19.6. The summed E-state index contributed by atoms with van der Waals surface area (Å²) in [4.78, 5) is 24.6.